The fraction of sp³-hybridized carbons (Fsp3) is 0.0667. The van der Waals surface area contributed by atoms with E-state index in [9.17, 15) is 29.8 Å². The van der Waals surface area contributed by atoms with Crippen molar-refractivity contribution in [2.24, 2.45) is 0 Å². The summed E-state index contributed by atoms with van der Waals surface area (Å²) in [5.41, 5.74) is 0.0358. The van der Waals surface area contributed by atoms with Crippen LogP contribution in [0.4, 0.5) is 17.1 Å². The number of aldehydes is 1. The van der Waals surface area contributed by atoms with Crippen molar-refractivity contribution in [3.63, 3.8) is 0 Å². The van der Waals surface area contributed by atoms with Crippen molar-refractivity contribution in [1.82, 2.24) is 0 Å². The van der Waals surface area contributed by atoms with Gasteiger partial charge < -0.3 is 10.4 Å². The lowest BCUT2D eigenvalue weighted by molar-refractivity contribution is -0.422. The van der Waals surface area contributed by atoms with Crippen LogP contribution < -0.4 is 5.32 Å². The van der Waals surface area contributed by atoms with Crippen molar-refractivity contribution in [3.8, 4) is 0 Å². The molecule has 2 N–H and O–H groups in total. The first kappa shape index (κ1) is 19.2. The van der Waals surface area contributed by atoms with Gasteiger partial charge in [-0.05, 0) is 12.1 Å². The normalized spacial score (nSPS) is 9.28. The van der Waals surface area contributed by atoms with Crippen LogP contribution in [0.15, 0.2) is 48.5 Å². The summed E-state index contributed by atoms with van der Waals surface area (Å²) in [6.07, 6.45) is 0.685. The van der Waals surface area contributed by atoms with Gasteiger partial charge in [-0.3, -0.25) is 29.8 Å². The summed E-state index contributed by atoms with van der Waals surface area (Å²) in [7, 11) is 0. The highest BCUT2D eigenvalue weighted by Gasteiger charge is 2.21. The zero-order valence-electron chi connectivity index (χ0n) is 12.7. The fourth-order valence-corrected chi connectivity index (χ4v) is 1.70. The first-order chi connectivity index (χ1) is 11.9. The highest BCUT2D eigenvalue weighted by Crippen LogP contribution is 2.24. The van der Waals surface area contributed by atoms with Crippen molar-refractivity contribution in [1.29, 1.82) is 0 Å². The molecule has 0 radical (unpaired) electrons. The number of carbonyl (C=O) groups excluding carboxylic acids is 1. The molecule has 0 spiro atoms. The van der Waals surface area contributed by atoms with Gasteiger partial charge in [0.1, 0.15) is 6.54 Å². The molecule has 0 saturated carbocycles. The van der Waals surface area contributed by atoms with Crippen LogP contribution in [-0.4, -0.2) is 33.8 Å². The van der Waals surface area contributed by atoms with E-state index in [0.29, 0.717) is 17.5 Å². The topological polar surface area (TPSA) is 153 Å². The maximum Gasteiger partial charge on any atom is 0.346 e. The number of nitrogens with one attached hydrogen (secondary N) is 1. The molecule has 0 aliphatic rings. The number of nitrogens with zero attached hydrogens (tertiary/aromatic N) is 2. The van der Waals surface area contributed by atoms with Gasteiger partial charge in [-0.2, -0.15) is 0 Å². The van der Waals surface area contributed by atoms with Crippen molar-refractivity contribution < 1.29 is 24.5 Å². The van der Waals surface area contributed by atoms with Gasteiger partial charge in [0, 0.05) is 23.4 Å². The number of hydrogen-bond donors (Lipinski definition) is 2. The van der Waals surface area contributed by atoms with Crippen LogP contribution in [0.25, 0.3) is 0 Å². The average molecular weight is 347 g/mol. The number of nitro groups is 2. The average Bonchev–Trinajstić information content (AvgIpc) is 2.60. The summed E-state index contributed by atoms with van der Waals surface area (Å²) < 4.78 is 0. The van der Waals surface area contributed by atoms with Gasteiger partial charge >= 0.3 is 17.3 Å². The molecule has 0 atom stereocenters. The monoisotopic (exact) mass is 347 g/mol. The van der Waals surface area contributed by atoms with Crippen LogP contribution in [0.3, 0.4) is 0 Å². The Hall–Kier alpha value is -3.82. The van der Waals surface area contributed by atoms with Crippen molar-refractivity contribution >= 4 is 29.3 Å². The lowest BCUT2D eigenvalue weighted by Crippen LogP contribution is -2.13. The van der Waals surface area contributed by atoms with Gasteiger partial charge in [0.25, 0.3) is 0 Å². The molecule has 2 aromatic carbocycles. The number of para-hydroxylation sites is 3. The van der Waals surface area contributed by atoms with E-state index in [1.54, 1.807) is 24.3 Å². The quantitative estimate of drug-likeness (QED) is 0.459. The summed E-state index contributed by atoms with van der Waals surface area (Å²) in [5.74, 6) is -0.958. The number of hydrogen-bond acceptors (Lipinski definition) is 7. The molecule has 130 valence electrons. The molecule has 0 aliphatic heterocycles. The minimum absolute atomic E-state index is 0.190. The Bertz CT molecular complexity index is 759. The van der Waals surface area contributed by atoms with Gasteiger partial charge in [-0.15, -0.1) is 0 Å². The van der Waals surface area contributed by atoms with Gasteiger partial charge in [0.2, 0.25) is 0 Å². The Morgan fingerprint density at radius 1 is 1.00 bits per heavy atom. The Kier molecular flexibility index (Phi) is 7.19. The molecule has 0 saturated heterocycles. The van der Waals surface area contributed by atoms with E-state index in [-0.39, 0.29) is 6.54 Å². The van der Waals surface area contributed by atoms with Crippen molar-refractivity contribution in [2.75, 3.05) is 11.9 Å². The Labute approximate surface area is 141 Å². The number of carboxylic acid groups (broad SMARTS) is 1. The zero-order chi connectivity index (χ0) is 18.8. The lowest BCUT2D eigenvalue weighted by atomic mass is 10.2. The van der Waals surface area contributed by atoms with Crippen LogP contribution in [0.1, 0.15) is 10.4 Å². The molecular formula is C15H13N3O7. The van der Waals surface area contributed by atoms with Crippen molar-refractivity contribution in [2.45, 2.75) is 0 Å². The molecule has 0 heterocycles. The van der Waals surface area contributed by atoms with Crippen LogP contribution in [0.2, 0.25) is 0 Å². The predicted octanol–water partition coefficient (Wildman–Crippen LogP) is 2.50. The van der Waals surface area contributed by atoms with E-state index >= 15 is 0 Å². The van der Waals surface area contributed by atoms with E-state index in [1.165, 1.54) is 12.1 Å². The third-order valence-electron chi connectivity index (χ3n) is 2.79. The number of aliphatic carboxylic acids is 1. The number of carbonyl (C=O) groups is 2. The molecule has 25 heavy (non-hydrogen) atoms. The Morgan fingerprint density at radius 2 is 1.48 bits per heavy atom. The van der Waals surface area contributed by atoms with E-state index in [2.05, 4.69) is 5.32 Å². The number of rotatable bonds is 6. The molecule has 0 fully saturated rings. The summed E-state index contributed by atoms with van der Waals surface area (Å²) in [6.45, 7) is -0.190. The molecule has 10 heteroatoms. The van der Waals surface area contributed by atoms with Crippen LogP contribution in [0, 0.1) is 20.2 Å². The molecule has 0 bridgehead atoms. The highest BCUT2D eigenvalue weighted by molar-refractivity contribution is 5.85. The second-order valence-electron chi connectivity index (χ2n) is 4.46. The SMILES string of the molecule is O=Cc1ccccc1NCC(=O)O.O=[N+]([O-])c1ccccc1[N+](=O)[O-]. The second-order valence-corrected chi connectivity index (χ2v) is 4.46. The number of benzene rings is 2. The van der Waals surface area contributed by atoms with E-state index in [1.807, 2.05) is 0 Å². The number of anilines is 1. The summed E-state index contributed by atoms with van der Waals surface area (Å²) in [5, 5.41) is 31.5. The lowest BCUT2D eigenvalue weighted by Gasteiger charge is -2.04. The fourth-order valence-electron chi connectivity index (χ4n) is 1.70. The minimum Gasteiger partial charge on any atom is -0.480 e. The third kappa shape index (κ3) is 6.06. The predicted molar refractivity (Wildman–Crippen MR) is 87.7 cm³/mol. The van der Waals surface area contributed by atoms with Crippen LogP contribution in [-0.2, 0) is 4.79 Å². The first-order valence-corrected chi connectivity index (χ1v) is 6.74. The molecule has 10 nitrogen and oxygen atoms in total. The van der Waals surface area contributed by atoms with E-state index in [4.69, 9.17) is 5.11 Å². The molecule has 2 rings (SSSR count). The second kappa shape index (κ2) is 9.35. The standard InChI is InChI=1S/C9H9NO3.C6H4N2O4/c11-6-7-3-1-2-4-8(7)10-5-9(12)13;9-7(10)5-3-1-2-4-6(5)8(11)12/h1-4,6,10H,5H2,(H,12,13);1-4H. The smallest absolute Gasteiger partial charge is 0.346 e. The maximum atomic E-state index is 10.5. The number of nitro benzene ring substituents is 2. The van der Waals surface area contributed by atoms with E-state index < -0.39 is 27.2 Å². The van der Waals surface area contributed by atoms with Gasteiger partial charge in [-0.25, -0.2) is 0 Å². The minimum atomic E-state index is -0.958. The highest BCUT2D eigenvalue weighted by atomic mass is 16.6. The van der Waals surface area contributed by atoms with Gasteiger partial charge in [0.15, 0.2) is 6.29 Å². The molecular weight excluding hydrogens is 334 g/mol. The zero-order valence-corrected chi connectivity index (χ0v) is 12.7. The first-order valence-electron chi connectivity index (χ1n) is 6.74. The molecule has 0 unspecified atom stereocenters. The maximum absolute atomic E-state index is 10.5. The third-order valence-corrected chi connectivity index (χ3v) is 2.79. The Balaban J connectivity index is 0.000000251. The summed E-state index contributed by atoms with van der Waals surface area (Å²) >= 11 is 0. The van der Waals surface area contributed by atoms with Crippen LogP contribution in [0.5, 0.6) is 0 Å². The molecule has 0 amide bonds. The van der Waals surface area contributed by atoms with Crippen molar-refractivity contribution in [3.05, 3.63) is 74.3 Å². The Morgan fingerprint density at radius 3 is 1.92 bits per heavy atom. The molecule has 0 aliphatic carbocycles. The van der Waals surface area contributed by atoms with E-state index in [0.717, 1.165) is 12.1 Å². The van der Waals surface area contributed by atoms with Gasteiger partial charge in [0.05, 0.1) is 9.85 Å². The van der Waals surface area contributed by atoms with Crippen LogP contribution >= 0.6 is 0 Å². The van der Waals surface area contributed by atoms with Gasteiger partial charge in [-0.1, -0.05) is 24.3 Å². The number of carboxylic acids is 1. The molecule has 0 aromatic heterocycles. The largest absolute Gasteiger partial charge is 0.480 e. The summed E-state index contributed by atoms with van der Waals surface area (Å²) in [4.78, 5) is 39.6. The molecule has 2 aromatic rings. The summed E-state index contributed by atoms with van der Waals surface area (Å²) in [6, 6.07) is 11.7.